The third kappa shape index (κ3) is 11.9. The van der Waals surface area contributed by atoms with Gasteiger partial charge in [0.25, 0.3) is 0 Å². The van der Waals surface area contributed by atoms with Gasteiger partial charge in [-0.1, -0.05) is 39.0 Å². The summed E-state index contributed by atoms with van der Waals surface area (Å²) in [6.45, 7) is 5.80. The van der Waals surface area contributed by atoms with Crippen LogP contribution in [0.2, 0.25) is 0 Å². The molecule has 0 aromatic carbocycles. The van der Waals surface area contributed by atoms with Crippen molar-refractivity contribution in [3.63, 3.8) is 0 Å². The van der Waals surface area contributed by atoms with E-state index < -0.39 is 0 Å². The SMILES string of the molecule is CCCCCCCCOC[C@H](C)N. The average molecular weight is 187 g/mol. The molecular weight excluding hydrogens is 162 g/mol. The molecule has 0 unspecified atom stereocenters. The Balaban J connectivity index is 2.84. The third-order valence-corrected chi connectivity index (χ3v) is 2.02. The third-order valence-electron chi connectivity index (χ3n) is 2.02. The largest absolute Gasteiger partial charge is 0.380 e. The van der Waals surface area contributed by atoms with Crippen LogP contribution in [-0.2, 0) is 4.74 Å². The summed E-state index contributed by atoms with van der Waals surface area (Å²) >= 11 is 0. The maximum absolute atomic E-state index is 5.55. The van der Waals surface area contributed by atoms with Gasteiger partial charge < -0.3 is 10.5 Å². The van der Waals surface area contributed by atoms with E-state index in [9.17, 15) is 0 Å². The molecule has 0 spiro atoms. The Bertz CT molecular complexity index is 94.1. The fourth-order valence-corrected chi connectivity index (χ4v) is 1.25. The van der Waals surface area contributed by atoms with Gasteiger partial charge in [0.1, 0.15) is 0 Å². The van der Waals surface area contributed by atoms with Crippen molar-refractivity contribution in [3.05, 3.63) is 0 Å². The molecule has 1 atom stereocenters. The Morgan fingerprint density at radius 1 is 1.08 bits per heavy atom. The lowest BCUT2D eigenvalue weighted by Crippen LogP contribution is -2.22. The van der Waals surface area contributed by atoms with Gasteiger partial charge in [-0.05, 0) is 13.3 Å². The van der Waals surface area contributed by atoms with Gasteiger partial charge in [-0.25, -0.2) is 0 Å². The molecule has 0 saturated heterocycles. The second-order valence-electron chi connectivity index (χ2n) is 3.82. The molecule has 2 N–H and O–H groups in total. The van der Waals surface area contributed by atoms with Gasteiger partial charge in [-0.3, -0.25) is 0 Å². The Morgan fingerprint density at radius 2 is 1.69 bits per heavy atom. The van der Waals surface area contributed by atoms with Crippen molar-refractivity contribution in [2.75, 3.05) is 13.2 Å². The van der Waals surface area contributed by atoms with Crippen LogP contribution in [-0.4, -0.2) is 19.3 Å². The van der Waals surface area contributed by atoms with Crippen molar-refractivity contribution >= 4 is 0 Å². The lowest BCUT2D eigenvalue weighted by Gasteiger charge is -2.06. The summed E-state index contributed by atoms with van der Waals surface area (Å²) in [4.78, 5) is 0. The molecule has 0 amide bonds. The van der Waals surface area contributed by atoms with Gasteiger partial charge in [0, 0.05) is 12.6 Å². The lowest BCUT2D eigenvalue weighted by atomic mass is 10.1. The number of unbranched alkanes of at least 4 members (excludes halogenated alkanes) is 5. The second kappa shape index (κ2) is 10.0. The van der Waals surface area contributed by atoms with E-state index in [0.29, 0.717) is 6.61 Å². The number of rotatable bonds is 9. The number of hydrogen-bond acceptors (Lipinski definition) is 2. The first-order valence-electron chi connectivity index (χ1n) is 5.60. The predicted molar refractivity (Wildman–Crippen MR) is 57.8 cm³/mol. The van der Waals surface area contributed by atoms with Crippen molar-refractivity contribution in [1.29, 1.82) is 0 Å². The normalized spacial score (nSPS) is 13.2. The molecule has 0 aliphatic carbocycles. The van der Waals surface area contributed by atoms with Gasteiger partial charge >= 0.3 is 0 Å². The number of hydrogen-bond donors (Lipinski definition) is 1. The van der Waals surface area contributed by atoms with Crippen LogP contribution in [0.5, 0.6) is 0 Å². The minimum absolute atomic E-state index is 0.181. The highest BCUT2D eigenvalue weighted by Gasteiger charge is 1.93. The van der Waals surface area contributed by atoms with Crippen LogP contribution in [0.25, 0.3) is 0 Å². The summed E-state index contributed by atoms with van der Waals surface area (Å²) in [6.07, 6.45) is 7.93. The van der Waals surface area contributed by atoms with Crippen molar-refractivity contribution in [1.82, 2.24) is 0 Å². The van der Waals surface area contributed by atoms with E-state index in [1.54, 1.807) is 0 Å². The van der Waals surface area contributed by atoms with Crippen LogP contribution in [0, 0.1) is 0 Å². The molecule has 0 saturated carbocycles. The quantitative estimate of drug-likeness (QED) is 0.563. The van der Waals surface area contributed by atoms with Gasteiger partial charge in [-0.15, -0.1) is 0 Å². The summed E-state index contributed by atoms with van der Waals surface area (Å²) in [7, 11) is 0. The summed E-state index contributed by atoms with van der Waals surface area (Å²) in [5.74, 6) is 0. The summed E-state index contributed by atoms with van der Waals surface area (Å²) < 4.78 is 5.38. The van der Waals surface area contributed by atoms with Gasteiger partial charge in [0.15, 0.2) is 0 Å². The van der Waals surface area contributed by atoms with Crippen LogP contribution in [0.3, 0.4) is 0 Å². The van der Waals surface area contributed by atoms with Crippen LogP contribution in [0.4, 0.5) is 0 Å². The van der Waals surface area contributed by atoms with Crippen molar-refractivity contribution in [2.45, 2.75) is 58.4 Å². The monoisotopic (exact) mass is 187 g/mol. The standard InChI is InChI=1S/C11H25NO/c1-3-4-5-6-7-8-9-13-10-11(2)12/h11H,3-10,12H2,1-2H3/t11-/m0/s1. The minimum Gasteiger partial charge on any atom is -0.380 e. The molecule has 0 radical (unpaired) electrons. The zero-order valence-corrected chi connectivity index (χ0v) is 9.22. The minimum atomic E-state index is 0.181. The second-order valence-corrected chi connectivity index (χ2v) is 3.82. The van der Waals surface area contributed by atoms with Crippen molar-refractivity contribution < 1.29 is 4.74 Å². The highest BCUT2D eigenvalue weighted by Crippen LogP contribution is 2.04. The molecule has 13 heavy (non-hydrogen) atoms. The Morgan fingerprint density at radius 3 is 2.31 bits per heavy atom. The Kier molecular flexibility index (Phi) is 9.94. The molecule has 0 fully saturated rings. The van der Waals surface area contributed by atoms with E-state index in [2.05, 4.69) is 6.92 Å². The van der Waals surface area contributed by atoms with Crippen LogP contribution >= 0.6 is 0 Å². The van der Waals surface area contributed by atoms with Crippen LogP contribution in [0.15, 0.2) is 0 Å². The smallest absolute Gasteiger partial charge is 0.0614 e. The molecule has 0 aliphatic heterocycles. The fraction of sp³-hybridized carbons (Fsp3) is 1.00. The lowest BCUT2D eigenvalue weighted by molar-refractivity contribution is 0.120. The average Bonchev–Trinajstić information content (AvgIpc) is 2.09. The van der Waals surface area contributed by atoms with E-state index in [-0.39, 0.29) is 6.04 Å². The predicted octanol–water partition coefficient (Wildman–Crippen LogP) is 2.71. The highest BCUT2D eigenvalue weighted by atomic mass is 16.5. The fourth-order valence-electron chi connectivity index (χ4n) is 1.25. The van der Waals surface area contributed by atoms with Crippen molar-refractivity contribution in [2.24, 2.45) is 5.73 Å². The topological polar surface area (TPSA) is 35.2 Å². The van der Waals surface area contributed by atoms with E-state index in [1.165, 1.54) is 38.5 Å². The summed E-state index contributed by atoms with van der Waals surface area (Å²) in [6, 6.07) is 0.181. The molecular formula is C11H25NO. The molecule has 0 aromatic rings. The highest BCUT2D eigenvalue weighted by molar-refractivity contribution is 4.49. The first kappa shape index (κ1) is 12.9. The van der Waals surface area contributed by atoms with Crippen molar-refractivity contribution in [3.8, 4) is 0 Å². The van der Waals surface area contributed by atoms with E-state index >= 15 is 0 Å². The van der Waals surface area contributed by atoms with Gasteiger partial charge in [-0.2, -0.15) is 0 Å². The van der Waals surface area contributed by atoms with E-state index in [4.69, 9.17) is 10.5 Å². The van der Waals surface area contributed by atoms with E-state index in [0.717, 1.165) is 6.61 Å². The molecule has 0 aromatic heterocycles. The first-order valence-corrected chi connectivity index (χ1v) is 5.60. The zero-order chi connectivity index (χ0) is 9.94. The molecule has 2 nitrogen and oxygen atoms in total. The van der Waals surface area contributed by atoms with Gasteiger partial charge in [0.2, 0.25) is 0 Å². The molecule has 0 rings (SSSR count). The maximum atomic E-state index is 5.55. The molecule has 80 valence electrons. The maximum Gasteiger partial charge on any atom is 0.0614 e. The molecule has 0 bridgehead atoms. The van der Waals surface area contributed by atoms with Crippen LogP contribution < -0.4 is 5.73 Å². The zero-order valence-electron chi connectivity index (χ0n) is 9.22. The molecule has 0 aliphatic rings. The summed E-state index contributed by atoms with van der Waals surface area (Å²) in [5.41, 5.74) is 5.55. The molecule has 2 heteroatoms. The van der Waals surface area contributed by atoms with E-state index in [1.807, 2.05) is 6.92 Å². The first-order chi connectivity index (χ1) is 6.27. The Hall–Kier alpha value is -0.0800. The van der Waals surface area contributed by atoms with Crippen LogP contribution in [0.1, 0.15) is 52.4 Å². The van der Waals surface area contributed by atoms with Gasteiger partial charge in [0.05, 0.1) is 6.61 Å². The Labute approximate surface area is 82.8 Å². The molecule has 0 heterocycles. The number of nitrogens with two attached hydrogens (primary N) is 1. The number of ether oxygens (including phenoxy) is 1. The summed E-state index contributed by atoms with van der Waals surface area (Å²) in [5, 5.41) is 0.